The fraction of sp³-hybridized carbons (Fsp3) is 0.167. The maximum Gasteiger partial charge on any atom is 0.335 e. The van der Waals surface area contributed by atoms with Gasteiger partial charge in [0.1, 0.15) is 5.71 Å². The summed E-state index contributed by atoms with van der Waals surface area (Å²) in [5.74, 6) is -1.84. The molecule has 0 saturated heterocycles. The number of nitrogens with zero attached hydrogens (tertiary/aromatic N) is 1. The van der Waals surface area contributed by atoms with Crippen molar-refractivity contribution in [1.82, 2.24) is 5.43 Å². The fourth-order valence-electron chi connectivity index (χ4n) is 1.58. The van der Waals surface area contributed by atoms with Gasteiger partial charge in [0.05, 0.1) is 16.3 Å². The van der Waals surface area contributed by atoms with Crippen LogP contribution in [0.2, 0.25) is 5.02 Å². The van der Waals surface area contributed by atoms with Crippen molar-refractivity contribution in [2.75, 3.05) is 5.32 Å². The number of nitrogens with one attached hydrogen (secondary N) is 2. The van der Waals surface area contributed by atoms with Crippen molar-refractivity contribution >= 4 is 40.8 Å². The average Bonchev–Trinajstić information content (AvgIpc) is 2.41. The van der Waals surface area contributed by atoms with Gasteiger partial charge in [0.15, 0.2) is 0 Å². The number of hydrazone groups is 1. The van der Waals surface area contributed by atoms with Gasteiger partial charge in [-0.2, -0.15) is 5.10 Å². The molecule has 104 valence electrons. The molecule has 0 saturated carbocycles. The van der Waals surface area contributed by atoms with Gasteiger partial charge in [-0.15, -0.1) is 0 Å². The van der Waals surface area contributed by atoms with E-state index in [1.165, 1.54) is 18.2 Å². The van der Waals surface area contributed by atoms with Crippen molar-refractivity contribution in [2.45, 2.75) is 12.8 Å². The van der Waals surface area contributed by atoms with E-state index in [2.05, 4.69) is 15.8 Å². The number of hydrogen-bond donors (Lipinski definition) is 3. The van der Waals surface area contributed by atoms with Gasteiger partial charge in [0, 0.05) is 12.8 Å². The molecule has 0 fully saturated rings. The second kappa shape index (κ2) is 5.70. The van der Waals surface area contributed by atoms with Crippen molar-refractivity contribution in [3.05, 3.63) is 28.8 Å². The molecule has 0 aliphatic carbocycles. The van der Waals surface area contributed by atoms with Crippen LogP contribution in [-0.2, 0) is 9.59 Å². The van der Waals surface area contributed by atoms with Crippen molar-refractivity contribution in [3.63, 3.8) is 0 Å². The van der Waals surface area contributed by atoms with Crippen molar-refractivity contribution in [1.29, 1.82) is 0 Å². The van der Waals surface area contributed by atoms with Gasteiger partial charge in [-0.3, -0.25) is 9.59 Å². The van der Waals surface area contributed by atoms with E-state index in [1.807, 2.05) is 0 Å². The number of halogens is 1. The molecule has 1 aliphatic rings. The third-order valence-corrected chi connectivity index (χ3v) is 2.94. The summed E-state index contributed by atoms with van der Waals surface area (Å²) in [5.41, 5.74) is 2.70. The van der Waals surface area contributed by atoms with Crippen LogP contribution in [0.15, 0.2) is 23.3 Å². The number of carboxylic acid groups (broad SMARTS) is 1. The van der Waals surface area contributed by atoms with E-state index in [0.29, 0.717) is 0 Å². The predicted octanol–water partition coefficient (Wildman–Crippen LogP) is 1.24. The molecule has 0 spiro atoms. The number of benzene rings is 1. The maximum atomic E-state index is 11.9. The number of carbonyl (C=O) groups is 3. The molecular weight excluding hydrogens is 286 g/mol. The van der Waals surface area contributed by atoms with Crippen LogP contribution in [-0.4, -0.2) is 28.6 Å². The molecule has 0 unspecified atom stereocenters. The quantitative estimate of drug-likeness (QED) is 0.779. The van der Waals surface area contributed by atoms with Crippen LogP contribution in [0.25, 0.3) is 0 Å². The number of rotatable bonds is 3. The minimum atomic E-state index is -1.11. The van der Waals surface area contributed by atoms with Crippen molar-refractivity contribution < 1.29 is 19.5 Å². The van der Waals surface area contributed by atoms with Crippen LogP contribution in [0.4, 0.5) is 5.69 Å². The molecule has 1 heterocycles. The Morgan fingerprint density at radius 3 is 2.65 bits per heavy atom. The summed E-state index contributed by atoms with van der Waals surface area (Å²) in [6.07, 6.45) is 0.431. The number of carbonyl (C=O) groups excluding carboxylic acids is 2. The van der Waals surface area contributed by atoms with Crippen molar-refractivity contribution in [3.8, 4) is 0 Å². The average molecular weight is 296 g/mol. The van der Waals surface area contributed by atoms with Crippen LogP contribution < -0.4 is 10.7 Å². The highest BCUT2D eigenvalue weighted by Crippen LogP contribution is 2.23. The number of amides is 2. The molecule has 1 aromatic rings. The van der Waals surface area contributed by atoms with Gasteiger partial charge in [-0.1, -0.05) is 11.6 Å². The van der Waals surface area contributed by atoms with Gasteiger partial charge >= 0.3 is 5.97 Å². The largest absolute Gasteiger partial charge is 0.478 e. The maximum absolute atomic E-state index is 11.9. The lowest BCUT2D eigenvalue weighted by Crippen LogP contribution is -2.32. The summed E-state index contributed by atoms with van der Waals surface area (Å²) in [5, 5.41) is 15.1. The second-order valence-corrected chi connectivity index (χ2v) is 4.45. The van der Waals surface area contributed by atoms with Crippen molar-refractivity contribution in [2.24, 2.45) is 5.10 Å². The minimum Gasteiger partial charge on any atom is -0.478 e. The van der Waals surface area contributed by atoms with Crippen LogP contribution in [0.1, 0.15) is 23.2 Å². The number of aromatic carboxylic acids is 1. The zero-order valence-corrected chi connectivity index (χ0v) is 10.9. The third-order valence-electron chi connectivity index (χ3n) is 2.63. The Bertz CT molecular complexity index is 627. The Morgan fingerprint density at radius 2 is 2.10 bits per heavy atom. The molecule has 3 N–H and O–H groups in total. The Hall–Kier alpha value is -2.41. The Kier molecular flexibility index (Phi) is 3.99. The lowest BCUT2D eigenvalue weighted by atomic mass is 10.1. The van der Waals surface area contributed by atoms with Crippen LogP contribution >= 0.6 is 11.6 Å². The summed E-state index contributed by atoms with van der Waals surface area (Å²) in [7, 11) is 0. The molecule has 0 bridgehead atoms. The van der Waals surface area contributed by atoms with E-state index in [0.717, 1.165) is 0 Å². The molecule has 0 aromatic heterocycles. The number of anilines is 1. The first-order chi connectivity index (χ1) is 9.47. The van der Waals surface area contributed by atoms with E-state index in [1.54, 1.807) is 0 Å². The smallest absolute Gasteiger partial charge is 0.335 e. The van der Waals surface area contributed by atoms with E-state index in [9.17, 15) is 14.4 Å². The zero-order valence-electron chi connectivity index (χ0n) is 10.1. The molecule has 8 heteroatoms. The molecular formula is C12H10ClN3O4. The number of carboxylic acids is 1. The monoisotopic (exact) mass is 295 g/mol. The van der Waals surface area contributed by atoms with Gasteiger partial charge < -0.3 is 10.4 Å². The second-order valence-electron chi connectivity index (χ2n) is 4.05. The molecule has 1 aromatic carbocycles. The Balaban J connectivity index is 2.12. The lowest BCUT2D eigenvalue weighted by molar-refractivity contribution is -0.121. The summed E-state index contributed by atoms with van der Waals surface area (Å²) >= 11 is 5.89. The molecule has 0 radical (unpaired) electrons. The highest BCUT2D eigenvalue weighted by molar-refractivity contribution is 6.44. The first-order valence-electron chi connectivity index (χ1n) is 5.67. The SMILES string of the molecule is O=C1CCC(C(=O)Nc2ccc(C(=O)O)cc2Cl)=NN1. The molecule has 20 heavy (non-hydrogen) atoms. The van der Waals surface area contributed by atoms with E-state index in [4.69, 9.17) is 16.7 Å². The molecule has 2 rings (SSSR count). The van der Waals surface area contributed by atoms with Crippen LogP contribution in [0.3, 0.4) is 0 Å². The van der Waals surface area contributed by atoms with Gasteiger partial charge in [0.2, 0.25) is 5.91 Å². The first-order valence-corrected chi connectivity index (χ1v) is 6.05. The minimum absolute atomic E-state index is 0.0234. The standard InChI is InChI=1S/C12H10ClN3O4/c13-7-5-6(12(19)20)1-2-8(7)14-11(18)9-3-4-10(17)16-15-9/h1-2,5H,3-4H2,(H,14,18)(H,16,17)(H,19,20). The number of hydrogen-bond acceptors (Lipinski definition) is 4. The van der Waals surface area contributed by atoms with Gasteiger partial charge in [-0.05, 0) is 18.2 Å². The molecule has 1 aliphatic heterocycles. The highest BCUT2D eigenvalue weighted by Gasteiger charge is 2.19. The summed E-state index contributed by atoms with van der Waals surface area (Å²) in [4.78, 5) is 33.6. The zero-order chi connectivity index (χ0) is 14.7. The summed E-state index contributed by atoms with van der Waals surface area (Å²) in [6, 6.07) is 3.96. The van der Waals surface area contributed by atoms with Gasteiger partial charge in [-0.25, -0.2) is 10.2 Å². The van der Waals surface area contributed by atoms with E-state index < -0.39 is 11.9 Å². The summed E-state index contributed by atoms with van der Waals surface area (Å²) < 4.78 is 0. The molecule has 0 atom stereocenters. The van der Waals surface area contributed by atoms with Crippen LogP contribution in [0.5, 0.6) is 0 Å². The third kappa shape index (κ3) is 3.12. The Morgan fingerprint density at radius 1 is 1.35 bits per heavy atom. The topological polar surface area (TPSA) is 108 Å². The predicted molar refractivity (Wildman–Crippen MR) is 71.9 cm³/mol. The van der Waals surface area contributed by atoms with Crippen LogP contribution in [0, 0.1) is 0 Å². The highest BCUT2D eigenvalue weighted by atomic mass is 35.5. The first kappa shape index (κ1) is 14.0. The fourth-order valence-corrected chi connectivity index (χ4v) is 1.81. The lowest BCUT2D eigenvalue weighted by Gasteiger charge is -2.12. The van der Waals surface area contributed by atoms with Gasteiger partial charge in [0.25, 0.3) is 5.91 Å². The normalized spacial score (nSPS) is 14.2. The van der Waals surface area contributed by atoms with E-state index >= 15 is 0 Å². The molecule has 7 nitrogen and oxygen atoms in total. The Labute approximate surface area is 118 Å². The van der Waals surface area contributed by atoms with E-state index in [-0.39, 0.29) is 40.7 Å². The summed E-state index contributed by atoms with van der Waals surface area (Å²) in [6.45, 7) is 0. The molecule has 2 amide bonds.